The van der Waals surface area contributed by atoms with E-state index in [4.69, 9.17) is 0 Å². The Hall–Kier alpha value is -1.85. The fraction of sp³-hybridized carbons (Fsp3) is 0.643. The maximum Gasteiger partial charge on any atom is 0.329 e. The van der Waals surface area contributed by atoms with Gasteiger partial charge in [0.05, 0.1) is 6.42 Å². The molecule has 1 aliphatic rings. The molecule has 1 aromatic heterocycles. The van der Waals surface area contributed by atoms with Crippen LogP contribution in [0.5, 0.6) is 0 Å². The van der Waals surface area contributed by atoms with Gasteiger partial charge >= 0.3 is 5.97 Å². The lowest BCUT2D eigenvalue weighted by molar-refractivity contribution is -0.149. The van der Waals surface area contributed by atoms with Gasteiger partial charge in [0.15, 0.2) is 0 Å². The minimum Gasteiger partial charge on any atom is -0.480 e. The lowest BCUT2D eigenvalue weighted by Crippen LogP contribution is -2.56. The van der Waals surface area contributed by atoms with Crippen molar-refractivity contribution >= 4 is 11.9 Å². The highest BCUT2D eigenvalue weighted by Gasteiger charge is 2.42. The number of amides is 1. The predicted molar refractivity (Wildman–Crippen MR) is 73.1 cm³/mol. The van der Waals surface area contributed by atoms with Crippen molar-refractivity contribution in [3.05, 3.63) is 18.0 Å². The van der Waals surface area contributed by atoms with Gasteiger partial charge in [-0.1, -0.05) is 13.3 Å². The van der Waals surface area contributed by atoms with E-state index >= 15 is 0 Å². The molecule has 6 heteroatoms. The van der Waals surface area contributed by atoms with E-state index in [1.807, 2.05) is 0 Å². The maximum absolute atomic E-state index is 12.0. The molecule has 1 saturated carbocycles. The number of hydrogen-bond donors (Lipinski definition) is 3. The molecule has 1 aromatic rings. The smallest absolute Gasteiger partial charge is 0.329 e. The Labute approximate surface area is 118 Å². The van der Waals surface area contributed by atoms with Gasteiger partial charge in [0.2, 0.25) is 5.91 Å². The number of rotatable bonds is 5. The number of nitrogens with one attached hydrogen (secondary N) is 2. The molecule has 1 aliphatic carbocycles. The number of carboxylic acids is 1. The molecule has 0 radical (unpaired) electrons. The normalized spacial score (nSPS) is 26.1. The van der Waals surface area contributed by atoms with Crippen molar-refractivity contribution in [2.24, 2.45) is 5.92 Å². The van der Waals surface area contributed by atoms with E-state index < -0.39 is 11.5 Å². The van der Waals surface area contributed by atoms with Gasteiger partial charge in [0.1, 0.15) is 5.54 Å². The van der Waals surface area contributed by atoms with Crippen LogP contribution in [0, 0.1) is 5.92 Å². The first-order chi connectivity index (χ1) is 9.55. The third-order valence-electron chi connectivity index (χ3n) is 4.23. The van der Waals surface area contributed by atoms with Crippen LogP contribution in [0.3, 0.4) is 0 Å². The lowest BCUT2D eigenvalue weighted by Gasteiger charge is -2.37. The van der Waals surface area contributed by atoms with E-state index in [9.17, 15) is 14.7 Å². The molecule has 0 bridgehead atoms. The van der Waals surface area contributed by atoms with Crippen molar-refractivity contribution in [3.63, 3.8) is 0 Å². The Morgan fingerprint density at radius 1 is 1.50 bits per heavy atom. The minimum absolute atomic E-state index is 0.131. The number of aromatic amines is 1. The maximum atomic E-state index is 12.0. The summed E-state index contributed by atoms with van der Waals surface area (Å²) in [6.45, 7) is 2.12. The van der Waals surface area contributed by atoms with E-state index in [0.29, 0.717) is 24.5 Å². The van der Waals surface area contributed by atoms with Crippen molar-refractivity contribution < 1.29 is 14.7 Å². The van der Waals surface area contributed by atoms with Gasteiger partial charge in [-0.2, -0.15) is 5.10 Å². The van der Waals surface area contributed by atoms with Gasteiger partial charge in [-0.3, -0.25) is 9.89 Å². The van der Waals surface area contributed by atoms with Crippen LogP contribution in [0.2, 0.25) is 0 Å². The molecule has 1 heterocycles. The van der Waals surface area contributed by atoms with Gasteiger partial charge in [-0.25, -0.2) is 4.79 Å². The number of aromatic nitrogens is 2. The number of H-pyrrole nitrogens is 1. The highest BCUT2D eigenvalue weighted by molar-refractivity contribution is 5.87. The Morgan fingerprint density at radius 3 is 2.70 bits per heavy atom. The summed E-state index contributed by atoms with van der Waals surface area (Å²) in [6, 6.07) is 1.71. The average Bonchev–Trinajstić information content (AvgIpc) is 2.92. The van der Waals surface area contributed by atoms with Crippen molar-refractivity contribution in [2.45, 2.75) is 51.0 Å². The SMILES string of the molecule is CCC1CCC(NC(=O)Cc2ccn[nH]2)(C(=O)O)CC1. The molecule has 0 aliphatic heterocycles. The quantitative estimate of drug-likeness (QED) is 0.761. The van der Waals surface area contributed by atoms with Crippen molar-refractivity contribution in [1.29, 1.82) is 0 Å². The molecule has 20 heavy (non-hydrogen) atoms. The summed E-state index contributed by atoms with van der Waals surface area (Å²) in [5.41, 5.74) is -0.409. The molecular weight excluding hydrogens is 258 g/mol. The van der Waals surface area contributed by atoms with Crippen LogP contribution in [-0.4, -0.2) is 32.7 Å². The average molecular weight is 279 g/mol. The first kappa shape index (κ1) is 14.6. The molecule has 3 N–H and O–H groups in total. The van der Waals surface area contributed by atoms with E-state index in [0.717, 1.165) is 19.3 Å². The zero-order valence-corrected chi connectivity index (χ0v) is 11.7. The molecule has 0 unspecified atom stereocenters. The van der Waals surface area contributed by atoms with E-state index in [-0.39, 0.29) is 12.3 Å². The second kappa shape index (κ2) is 6.07. The summed E-state index contributed by atoms with van der Waals surface area (Å²) < 4.78 is 0. The van der Waals surface area contributed by atoms with Crippen LogP contribution in [0.1, 0.15) is 44.7 Å². The van der Waals surface area contributed by atoms with Crippen LogP contribution in [0.4, 0.5) is 0 Å². The fourth-order valence-electron chi connectivity index (χ4n) is 2.84. The Kier molecular flexibility index (Phi) is 4.42. The van der Waals surface area contributed by atoms with Crippen molar-refractivity contribution in [2.75, 3.05) is 0 Å². The third-order valence-corrected chi connectivity index (χ3v) is 4.23. The van der Waals surface area contributed by atoms with Crippen LogP contribution in [0.15, 0.2) is 12.3 Å². The molecule has 0 aromatic carbocycles. The van der Waals surface area contributed by atoms with E-state index in [2.05, 4.69) is 22.4 Å². The van der Waals surface area contributed by atoms with Crippen LogP contribution in [0.25, 0.3) is 0 Å². The molecule has 1 fully saturated rings. The summed E-state index contributed by atoms with van der Waals surface area (Å²) >= 11 is 0. The Morgan fingerprint density at radius 2 is 2.20 bits per heavy atom. The number of nitrogens with zero attached hydrogens (tertiary/aromatic N) is 1. The Balaban J connectivity index is 1.99. The standard InChI is InChI=1S/C14H21N3O3/c1-2-10-3-6-14(7-4-10,13(19)20)16-12(18)9-11-5-8-15-17-11/h5,8,10H,2-4,6-7,9H2,1H3,(H,15,17)(H,16,18)(H,19,20). The first-order valence-electron chi connectivity index (χ1n) is 7.08. The summed E-state index contributed by atoms with van der Waals surface area (Å²) in [4.78, 5) is 23.6. The number of carbonyl (C=O) groups is 2. The van der Waals surface area contributed by atoms with Gasteiger partial charge in [-0.15, -0.1) is 0 Å². The topological polar surface area (TPSA) is 95.1 Å². The fourth-order valence-corrected chi connectivity index (χ4v) is 2.84. The summed E-state index contributed by atoms with van der Waals surface area (Å²) in [6.07, 6.45) is 5.50. The molecule has 0 atom stereocenters. The molecule has 2 rings (SSSR count). The number of hydrogen-bond acceptors (Lipinski definition) is 3. The highest BCUT2D eigenvalue weighted by atomic mass is 16.4. The largest absolute Gasteiger partial charge is 0.480 e. The van der Waals surface area contributed by atoms with Crippen LogP contribution in [-0.2, 0) is 16.0 Å². The van der Waals surface area contributed by atoms with Crippen molar-refractivity contribution in [1.82, 2.24) is 15.5 Å². The Bertz CT molecular complexity index is 462. The summed E-state index contributed by atoms with van der Waals surface area (Å²) in [7, 11) is 0. The number of aliphatic carboxylic acids is 1. The molecule has 0 spiro atoms. The van der Waals surface area contributed by atoms with Gasteiger partial charge in [-0.05, 0) is 37.7 Å². The van der Waals surface area contributed by atoms with Crippen molar-refractivity contribution in [3.8, 4) is 0 Å². The highest BCUT2D eigenvalue weighted by Crippen LogP contribution is 2.34. The van der Waals surface area contributed by atoms with Gasteiger partial charge in [0, 0.05) is 11.9 Å². The predicted octanol–water partition coefficient (Wildman–Crippen LogP) is 1.49. The molecule has 0 saturated heterocycles. The third kappa shape index (κ3) is 3.18. The second-order valence-electron chi connectivity index (χ2n) is 5.55. The monoisotopic (exact) mass is 279 g/mol. The number of carbonyl (C=O) groups excluding carboxylic acids is 1. The van der Waals surface area contributed by atoms with Gasteiger partial charge in [0.25, 0.3) is 0 Å². The van der Waals surface area contributed by atoms with E-state index in [1.165, 1.54) is 0 Å². The minimum atomic E-state index is -1.09. The number of carboxylic acid groups (broad SMARTS) is 1. The summed E-state index contributed by atoms with van der Waals surface area (Å²) in [5.74, 6) is -0.622. The lowest BCUT2D eigenvalue weighted by atomic mass is 9.75. The molecule has 110 valence electrons. The zero-order chi connectivity index (χ0) is 14.6. The second-order valence-corrected chi connectivity index (χ2v) is 5.55. The first-order valence-corrected chi connectivity index (χ1v) is 7.08. The van der Waals surface area contributed by atoms with Crippen LogP contribution >= 0.6 is 0 Å². The molecule has 1 amide bonds. The summed E-state index contributed by atoms with van der Waals surface area (Å²) in [5, 5.41) is 18.7. The van der Waals surface area contributed by atoms with E-state index in [1.54, 1.807) is 12.3 Å². The molecular formula is C14H21N3O3. The molecule has 6 nitrogen and oxygen atoms in total. The van der Waals surface area contributed by atoms with Gasteiger partial charge < -0.3 is 10.4 Å². The zero-order valence-electron chi connectivity index (χ0n) is 11.7. The van der Waals surface area contributed by atoms with Crippen LogP contribution < -0.4 is 5.32 Å².